The Labute approximate surface area is 214 Å². The average Bonchev–Trinajstić information content (AvgIpc) is 3.21. The van der Waals surface area contributed by atoms with Crippen molar-refractivity contribution in [1.82, 2.24) is 19.1 Å². The van der Waals surface area contributed by atoms with Crippen LogP contribution in [-0.2, 0) is 0 Å². The molecule has 0 bridgehead atoms. The molecule has 11 nitrogen and oxygen atoms in total. The second-order valence-corrected chi connectivity index (χ2v) is 8.14. The van der Waals surface area contributed by atoms with Crippen LogP contribution in [0.15, 0.2) is 77.9 Å². The van der Waals surface area contributed by atoms with Crippen LogP contribution in [0.5, 0.6) is 17.2 Å². The maximum atomic E-state index is 13.8. The summed E-state index contributed by atoms with van der Waals surface area (Å²) in [5, 5.41) is 9.49. The molecule has 5 rings (SSSR count). The number of ether oxygens (including phenoxy) is 2. The first kappa shape index (κ1) is 24.3. The highest BCUT2D eigenvalue weighted by Crippen LogP contribution is 2.32. The minimum atomic E-state index is -1.21. The van der Waals surface area contributed by atoms with Gasteiger partial charge in [0.25, 0.3) is 0 Å². The monoisotopic (exact) mass is 516 g/mol. The fraction of sp³-hybridized carbons (Fsp3) is 0.0769. The molecule has 0 spiro atoms. The van der Waals surface area contributed by atoms with Crippen molar-refractivity contribution < 1.29 is 23.8 Å². The molecule has 0 aliphatic heterocycles. The van der Waals surface area contributed by atoms with E-state index in [-0.39, 0.29) is 22.7 Å². The molecule has 5 aromatic rings. The summed E-state index contributed by atoms with van der Waals surface area (Å²) in [4.78, 5) is 34.7. The Balaban J connectivity index is 1.64. The van der Waals surface area contributed by atoms with Gasteiger partial charge in [0.1, 0.15) is 34.9 Å². The second-order valence-electron chi connectivity index (χ2n) is 8.14. The normalized spacial score (nSPS) is 10.9. The van der Waals surface area contributed by atoms with Crippen molar-refractivity contribution in [2.24, 2.45) is 0 Å². The molecule has 0 radical (unpaired) electrons. The van der Waals surface area contributed by atoms with Crippen LogP contribution in [0.2, 0.25) is 0 Å². The van der Waals surface area contributed by atoms with Crippen molar-refractivity contribution in [3.8, 4) is 28.6 Å². The second kappa shape index (κ2) is 9.58. The summed E-state index contributed by atoms with van der Waals surface area (Å²) in [6, 6.07) is 16.9. The van der Waals surface area contributed by atoms with Gasteiger partial charge in [-0.2, -0.15) is 0 Å². The molecule has 0 saturated carbocycles. The van der Waals surface area contributed by atoms with Gasteiger partial charge in [-0.15, -0.1) is 0 Å². The fourth-order valence-corrected chi connectivity index (χ4v) is 4.03. The number of methoxy groups -OCH3 is 1. The zero-order valence-corrected chi connectivity index (χ0v) is 20.2. The van der Waals surface area contributed by atoms with Gasteiger partial charge < -0.3 is 20.3 Å². The highest BCUT2D eigenvalue weighted by atomic mass is 19.1. The molecule has 38 heavy (non-hydrogen) atoms. The molecule has 0 unspecified atom stereocenters. The van der Waals surface area contributed by atoms with Crippen LogP contribution in [0.25, 0.3) is 22.5 Å². The number of anilines is 2. The van der Waals surface area contributed by atoms with Crippen LogP contribution in [0, 0.1) is 5.82 Å². The summed E-state index contributed by atoms with van der Waals surface area (Å²) in [5.41, 5.74) is 7.16. The maximum Gasteiger partial charge on any atom is 0.411 e. The van der Waals surface area contributed by atoms with Gasteiger partial charge in [-0.05, 0) is 54.6 Å². The van der Waals surface area contributed by atoms with Gasteiger partial charge in [-0.1, -0.05) is 6.07 Å². The third-order valence-electron chi connectivity index (χ3n) is 5.84. The number of carboxylic acid groups (broad SMARTS) is 1. The molecule has 2 aromatic heterocycles. The van der Waals surface area contributed by atoms with Crippen molar-refractivity contribution in [3.05, 3.63) is 89.4 Å². The summed E-state index contributed by atoms with van der Waals surface area (Å²) in [6.45, 7) is 0. The Morgan fingerprint density at radius 2 is 1.74 bits per heavy atom. The highest BCUT2D eigenvalue weighted by Gasteiger charge is 2.22. The maximum absolute atomic E-state index is 13.8. The van der Waals surface area contributed by atoms with Gasteiger partial charge in [-0.25, -0.2) is 28.5 Å². The fourth-order valence-electron chi connectivity index (χ4n) is 4.03. The zero-order valence-electron chi connectivity index (χ0n) is 20.2. The molecule has 0 aliphatic carbocycles. The van der Waals surface area contributed by atoms with Gasteiger partial charge >= 0.3 is 11.8 Å². The smallest absolute Gasteiger partial charge is 0.411 e. The van der Waals surface area contributed by atoms with Gasteiger partial charge in [-0.3, -0.25) is 9.47 Å². The number of carbonyl (C=O) groups is 1. The van der Waals surface area contributed by atoms with Crippen LogP contribution < -0.4 is 25.8 Å². The van der Waals surface area contributed by atoms with Crippen LogP contribution in [0.1, 0.15) is 0 Å². The zero-order chi connectivity index (χ0) is 27.0. The number of aromatic nitrogens is 4. The van der Waals surface area contributed by atoms with Crippen LogP contribution in [0.4, 0.5) is 20.7 Å². The number of fused-ring (bicyclic) bond motifs is 1. The average molecular weight is 516 g/mol. The Morgan fingerprint density at radius 3 is 2.42 bits per heavy atom. The molecule has 0 aliphatic rings. The lowest BCUT2D eigenvalue weighted by Crippen LogP contribution is -2.25. The quantitative estimate of drug-likeness (QED) is 0.342. The first-order valence-corrected chi connectivity index (χ1v) is 11.2. The lowest BCUT2D eigenvalue weighted by atomic mass is 10.2. The van der Waals surface area contributed by atoms with Crippen molar-refractivity contribution in [1.29, 1.82) is 0 Å². The van der Waals surface area contributed by atoms with E-state index in [0.717, 1.165) is 4.90 Å². The van der Waals surface area contributed by atoms with Gasteiger partial charge in [0.05, 0.1) is 24.2 Å². The van der Waals surface area contributed by atoms with Crippen molar-refractivity contribution in [2.45, 2.75) is 0 Å². The molecule has 12 heteroatoms. The summed E-state index contributed by atoms with van der Waals surface area (Å²) in [5.74, 6) is 0.702. The standard InChI is InChI=1S/C26H21FN6O5/c1-31(26(35)36)20-13-17(8-11-21(20)37-2)33-24-22(23(28)29-14-30-24)32(25(33)34)16-6-9-18(10-7-16)38-19-5-3-4-15(27)12-19/h3-14H,1-2H3,(H,35,36)(H2,28,29,30). The van der Waals surface area contributed by atoms with Crippen molar-refractivity contribution >= 4 is 28.8 Å². The minimum absolute atomic E-state index is 0.0716. The molecule has 1 amide bonds. The Hall–Kier alpha value is -5.39. The van der Waals surface area contributed by atoms with E-state index in [1.54, 1.807) is 42.5 Å². The number of nitrogens with two attached hydrogens (primary N) is 1. The lowest BCUT2D eigenvalue weighted by molar-refractivity contribution is 0.203. The molecule has 2 heterocycles. The van der Waals surface area contributed by atoms with Gasteiger partial charge in [0, 0.05) is 13.1 Å². The van der Waals surface area contributed by atoms with E-state index >= 15 is 0 Å². The topological polar surface area (TPSA) is 138 Å². The SMILES string of the molecule is COc1ccc(-n2c(=O)n(-c3ccc(Oc4cccc(F)c4)cc3)c3c(N)ncnc32)cc1N(C)C(=O)O. The number of nitrogen functional groups attached to an aromatic ring is 1. The van der Waals surface area contributed by atoms with Gasteiger partial charge in [0.2, 0.25) is 0 Å². The molecule has 3 aromatic carbocycles. The number of imidazole rings is 1. The third-order valence-corrected chi connectivity index (χ3v) is 5.84. The lowest BCUT2D eigenvalue weighted by Gasteiger charge is -2.18. The molecule has 0 atom stereocenters. The number of hydrogen-bond donors (Lipinski definition) is 2. The van der Waals surface area contributed by atoms with E-state index < -0.39 is 17.6 Å². The van der Waals surface area contributed by atoms with Crippen LogP contribution in [-0.4, -0.2) is 44.5 Å². The summed E-state index contributed by atoms with van der Waals surface area (Å²) in [7, 11) is 2.78. The molecule has 192 valence electrons. The number of hydrogen-bond acceptors (Lipinski definition) is 7. The Kier molecular flexibility index (Phi) is 6.13. The van der Waals surface area contributed by atoms with Crippen molar-refractivity contribution in [3.63, 3.8) is 0 Å². The van der Waals surface area contributed by atoms with Gasteiger partial charge in [0.15, 0.2) is 11.5 Å². The first-order valence-electron chi connectivity index (χ1n) is 11.2. The summed E-state index contributed by atoms with van der Waals surface area (Å²) >= 11 is 0. The van der Waals surface area contributed by atoms with E-state index in [9.17, 15) is 19.1 Å². The summed E-state index contributed by atoms with van der Waals surface area (Å²) < 4.78 is 27.2. The first-order chi connectivity index (χ1) is 18.3. The van der Waals surface area contributed by atoms with E-state index in [1.165, 1.54) is 53.9 Å². The van der Waals surface area contributed by atoms with E-state index in [0.29, 0.717) is 28.6 Å². The van der Waals surface area contributed by atoms with E-state index in [2.05, 4.69) is 9.97 Å². The van der Waals surface area contributed by atoms with Crippen molar-refractivity contribution in [2.75, 3.05) is 24.8 Å². The van der Waals surface area contributed by atoms with E-state index in [4.69, 9.17) is 15.2 Å². The van der Waals surface area contributed by atoms with Crippen LogP contribution in [0.3, 0.4) is 0 Å². The Morgan fingerprint density at radius 1 is 1.00 bits per heavy atom. The number of nitrogens with zero attached hydrogens (tertiary/aromatic N) is 5. The number of halogens is 1. The molecular formula is C26H21FN6O5. The molecular weight excluding hydrogens is 495 g/mol. The Bertz CT molecular complexity index is 1730. The highest BCUT2D eigenvalue weighted by molar-refractivity contribution is 5.89. The number of rotatable bonds is 6. The minimum Gasteiger partial charge on any atom is -0.495 e. The number of benzene rings is 3. The molecule has 3 N–H and O–H groups in total. The molecule has 0 fully saturated rings. The summed E-state index contributed by atoms with van der Waals surface area (Å²) in [6.07, 6.45) is 0.0316. The predicted octanol–water partition coefficient (Wildman–Crippen LogP) is 4.21. The largest absolute Gasteiger partial charge is 0.495 e. The van der Waals surface area contributed by atoms with E-state index in [1.807, 2.05) is 0 Å². The molecule has 0 saturated heterocycles. The third kappa shape index (κ3) is 4.23. The number of amides is 1. The van der Waals surface area contributed by atoms with Crippen LogP contribution >= 0.6 is 0 Å². The predicted molar refractivity (Wildman–Crippen MR) is 138 cm³/mol.